The molecule has 21 heteroatoms. The highest BCUT2D eigenvalue weighted by Gasteiger charge is 2.43. The molecule has 2 aliphatic carbocycles. The van der Waals surface area contributed by atoms with Crippen molar-refractivity contribution in [2.24, 2.45) is 17.3 Å². The summed E-state index contributed by atoms with van der Waals surface area (Å²) in [7, 11) is 5.87. The number of methoxy groups -OCH3 is 4. The van der Waals surface area contributed by atoms with Crippen molar-refractivity contribution < 1.29 is 53.1 Å². The van der Waals surface area contributed by atoms with E-state index in [4.69, 9.17) is 33.9 Å². The number of ether oxygens (including phenoxy) is 4. The molecule has 14 rings (SSSR count). The van der Waals surface area contributed by atoms with E-state index < -0.39 is 5.97 Å². The maximum Gasteiger partial charge on any atom is 0.414 e. The van der Waals surface area contributed by atoms with Gasteiger partial charge in [-0.25, -0.2) is 34.3 Å². The quantitative estimate of drug-likeness (QED) is 0.102. The van der Waals surface area contributed by atoms with Gasteiger partial charge in [0.25, 0.3) is 0 Å². The third-order valence-electron chi connectivity index (χ3n) is 21.6. The molecule has 2 N–H and O–H groups in total. The third-order valence-corrected chi connectivity index (χ3v) is 21.6. The van der Waals surface area contributed by atoms with Gasteiger partial charge in [-0.2, -0.15) is 0 Å². The second-order valence-electron chi connectivity index (χ2n) is 28.3. The van der Waals surface area contributed by atoms with Crippen LogP contribution < -0.4 is 19.4 Å². The zero-order valence-electron chi connectivity index (χ0n) is 59.3. The number of carbonyl (C=O) groups excluding carboxylic acids is 4. The van der Waals surface area contributed by atoms with Crippen LogP contribution in [0, 0.1) is 17.3 Å². The molecule has 5 aromatic carbocycles. The molecule has 0 spiro atoms. The van der Waals surface area contributed by atoms with E-state index in [1.165, 1.54) is 32.5 Å². The van der Waals surface area contributed by atoms with Crippen LogP contribution in [-0.2, 0) is 68.9 Å². The Morgan fingerprint density at radius 3 is 1.46 bits per heavy atom. The van der Waals surface area contributed by atoms with Crippen molar-refractivity contribution >= 4 is 80.2 Å². The molecule has 526 valence electrons. The van der Waals surface area contributed by atoms with Crippen molar-refractivity contribution in [3.05, 3.63) is 166 Å². The molecule has 3 amide bonds. The standard InChI is InChI=1S/C29H35N3O4.C28H34N4O4.C22H25N3O3/c1-18-10-12-21-23(31(18)28(35)36-4)14-15-24-26(21)30-25(16-19-8-6-5-7-9-19)32(24)20-11-13-22(27(33)34)29(2,3)17-20;1-17-11-12-22-23(31(17)28(34)36-4)13-14-24-27(22)30-25(16-20-8-6-10-26(29-20)35-3)32(24)21-9-5-7-19(15-21)18(2)33;1-15-8-9-17-18(25(15)22(27)28-2)10-11-19-21(17)23-20(24(19)12-13-26)14-16-6-4-3-5-7-16/h5-9,14-15,18,20,22H,10-13,16-17H2,1-4H3,(H,33,34);6,8,10,13-14,17,19,21H,5,7,9,11-12,15-16H2,1-4H3;3-7,10-11,15,26H,8-9,12-14H2,1-2H3/t18-,20+,22-;17-,19+,21+;15-/m000/s1. The van der Waals surface area contributed by atoms with E-state index in [0.717, 1.165) is 167 Å². The molecule has 4 aromatic heterocycles. The molecule has 0 bridgehead atoms. The molecular weight excluding hydrogens is 1260 g/mol. The van der Waals surface area contributed by atoms with Crippen LogP contribution in [0.5, 0.6) is 5.88 Å². The van der Waals surface area contributed by atoms with E-state index in [-0.39, 0.29) is 78.1 Å². The summed E-state index contributed by atoms with van der Waals surface area (Å²) in [6, 6.07) is 39.1. The molecule has 2 fully saturated rings. The predicted octanol–water partition coefficient (Wildman–Crippen LogP) is 14.8. The van der Waals surface area contributed by atoms with Gasteiger partial charge in [0.2, 0.25) is 5.88 Å². The Morgan fingerprint density at radius 1 is 0.520 bits per heavy atom. The van der Waals surface area contributed by atoms with Gasteiger partial charge < -0.3 is 42.9 Å². The Morgan fingerprint density at radius 2 is 0.990 bits per heavy atom. The van der Waals surface area contributed by atoms with Crippen molar-refractivity contribution in [2.75, 3.05) is 49.7 Å². The molecule has 0 saturated heterocycles. The van der Waals surface area contributed by atoms with Crippen LogP contribution in [0.4, 0.5) is 31.4 Å². The minimum Gasteiger partial charge on any atom is -0.481 e. The number of aryl methyl sites for hydroxylation is 3. The number of anilines is 3. The summed E-state index contributed by atoms with van der Waals surface area (Å²) in [5, 5.41) is 19.4. The number of ketones is 1. The number of aliphatic hydroxyl groups is 1. The number of nitrogens with zero attached hydrogens (tertiary/aromatic N) is 10. The first-order chi connectivity index (χ1) is 48.2. The average Bonchev–Trinajstić information content (AvgIpc) is 1.58. The Labute approximate surface area is 584 Å². The lowest BCUT2D eigenvalue weighted by molar-refractivity contribution is -0.148. The van der Waals surface area contributed by atoms with Gasteiger partial charge in [0.15, 0.2) is 0 Å². The molecule has 100 heavy (non-hydrogen) atoms. The third kappa shape index (κ3) is 14.0. The van der Waals surface area contributed by atoms with E-state index in [1.54, 1.807) is 28.7 Å². The first-order valence-corrected chi connectivity index (χ1v) is 35.4. The van der Waals surface area contributed by atoms with E-state index in [1.807, 2.05) is 99.6 Å². The minimum atomic E-state index is -0.704. The zero-order chi connectivity index (χ0) is 70.7. The first-order valence-electron chi connectivity index (χ1n) is 35.4. The number of aliphatic carboxylic acids is 1. The lowest BCUT2D eigenvalue weighted by Gasteiger charge is -2.41. The van der Waals surface area contributed by atoms with Crippen LogP contribution >= 0.6 is 0 Å². The summed E-state index contributed by atoms with van der Waals surface area (Å²) in [4.78, 5) is 87.0. The number of benzene rings is 5. The number of carboxylic acids is 1. The summed E-state index contributed by atoms with van der Waals surface area (Å²) < 4.78 is 27.3. The van der Waals surface area contributed by atoms with Gasteiger partial charge in [-0.1, -0.05) is 87.0 Å². The Bertz CT molecular complexity index is 4490. The number of hydrogen-bond donors (Lipinski definition) is 2. The number of aromatic nitrogens is 7. The summed E-state index contributed by atoms with van der Waals surface area (Å²) >= 11 is 0. The molecule has 9 aromatic rings. The summed E-state index contributed by atoms with van der Waals surface area (Å²) in [6.07, 6.45) is 12.0. The fraction of sp³-hybridized carbons (Fsp3) is 0.456. The van der Waals surface area contributed by atoms with Crippen LogP contribution in [-0.4, -0.2) is 127 Å². The van der Waals surface area contributed by atoms with Gasteiger partial charge in [0, 0.05) is 84.7 Å². The van der Waals surface area contributed by atoms with Crippen molar-refractivity contribution in [1.29, 1.82) is 0 Å². The number of carbonyl (C=O) groups is 5. The van der Waals surface area contributed by atoms with Crippen molar-refractivity contribution in [2.45, 2.75) is 181 Å². The fourth-order valence-electron chi connectivity index (χ4n) is 16.5. The SMILES string of the molecule is COC(=O)N1c2ccc3c(nc(Cc4cccc(OC)n4)n3[C@@H]3CCC[C@@H](C(C)=O)C3)c2CC[C@@H]1C.COC(=O)N1c2ccc3c(nc(Cc4ccccc4)n3CCO)c2CC[C@@H]1C.COC(=O)N1c2ccc3c(nc(Cc4ccccc4)n3[C@@H]3CC[C@@H](C(=O)O)C(C)(C)C3)c2CC[C@@H]1C. The second-order valence-corrected chi connectivity index (χ2v) is 28.3. The minimum absolute atomic E-state index is 0.0512. The molecule has 7 atom stereocenters. The van der Waals surface area contributed by atoms with Crippen molar-refractivity contribution in [1.82, 2.24) is 33.6 Å². The average molecular weight is 1360 g/mol. The summed E-state index contributed by atoms with van der Waals surface area (Å²) in [5.41, 5.74) is 14.7. The molecule has 7 heterocycles. The number of rotatable bonds is 13. The highest BCUT2D eigenvalue weighted by Crippen LogP contribution is 2.49. The normalized spacial score (nSPS) is 20.8. The summed E-state index contributed by atoms with van der Waals surface area (Å²) in [6.45, 7) is 12.5. The zero-order valence-corrected chi connectivity index (χ0v) is 59.3. The van der Waals surface area contributed by atoms with Crippen LogP contribution in [0.15, 0.2) is 115 Å². The number of hydrogen-bond acceptors (Lipinski definition) is 14. The van der Waals surface area contributed by atoms with E-state index in [2.05, 4.69) is 68.9 Å². The Kier molecular flexibility index (Phi) is 21.1. The van der Waals surface area contributed by atoms with E-state index >= 15 is 0 Å². The molecule has 5 aliphatic rings. The molecule has 21 nitrogen and oxygen atoms in total. The van der Waals surface area contributed by atoms with Crippen LogP contribution in [0.2, 0.25) is 0 Å². The predicted molar refractivity (Wildman–Crippen MR) is 386 cm³/mol. The number of aliphatic hydroxyl groups excluding tert-OH is 1. The van der Waals surface area contributed by atoms with Gasteiger partial charge in [-0.15, -0.1) is 0 Å². The maximum absolute atomic E-state index is 12.6. The second kappa shape index (κ2) is 30.1. The summed E-state index contributed by atoms with van der Waals surface area (Å²) in [5.74, 6) is 2.71. The van der Waals surface area contributed by atoms with Crippen LogP contribution in [0.3, 0.4) is 0 Å². The molecular formula is C79H94N10O11. The molecule has 2 saturated carbocycles. The van der Waals surface area contributed by atoms with Gasteiger partial charge in [0.1, 0.15) is 23.3 Å². The highest BCUT2D eigenvalue weighted by atomic mass is 16.6. The van der Waals surface area contributed by atoms with E-state index in [0.29, 0.717) is 38.1 Å². The van der Waals surface area contributed by atoms with Crippen LogP contribution in [0.1, 0.15) is 169 Å². The lowest BCUT2D eigenvalue weighted by atomic mass is 9.67. The van der Waals surface area contributed by atoms with Gasteiger partial charge >= 0.3 is 24.2 Å². The number of pyridine rings is 1. The Balaban J connectivity index is 0.000000143. The fourth-order valence-corrected chi connectivity index (χ4v) is 16.5. The van der Waals surface area contributed by atoms with Crippen molar-refractivity contribution in [3.8, 4) is 5.88 Å². The Hall–Kier alpha value is -9.63. The molecule has 0 unspecified atom stereocenters. The van der Waals surface area contributed by atoms with Crippen LogP contribution in [0.25, 0.3) is 33.1 Å². The molecule has 0 radical (unpaired) electrons. The van der Waals surface area contributed by atoms with Gasteiger partial charge in [0.05, 0.1) is 96.8 Å². The smallest absolute Gasteiger partial charge is 0.414 e. The maximum atomic E-state index is 12.6. The number of carboxylic acid groups (broad SMARTS) is 1. The lowest BCUT2D eigenvalue weighted by Crippen LogP contribution is -2.42. The molecule has 3 aliphatic heterocycles. The number of imidazole rings is 3. The number of amides is 3. The monoisotopic (exact) mass is 1360 g/mol. The largest absolute Gasteiger partial charge is 0.481 e. The van der Waals surface area contributed by atoms with Crippen molar-refractivity contribution in [3.63, 3.8) is 0 Å². The van der Waals surface area contributed by atoms with Gasteiger partial charge in [-0.3, -0.25) is 24.3 Å². The topological polar surface area (TPSA) is 239 Å². The number of Topliss-reactive ketones (excluding diaryl/α,β-unsaturated/α-hetero) is 1. The van der Waals surface area contributed by atoms with Gasteiger partial charge in [-0.05, 0) is 164 Å². The first kappa shape index (κ1) is 70.2. The number of fused-ring (bicyclic) bond motifs is 9. The highest BCUT2D eigenvalue weighted by molar-refractivity contribution is 5.98. The van der Waals surface area contributed by atoms with E-state index in [9.17, 15) is 34.2 Å².